The molecule has 0 aliphatic heterocycles. The Morgan fingerprint density at radius 1 is 1.16 bits per heavy atom. The molecule has 4 heteroatoms. The van der Waals surface area contributed by atoms with Gasteiger partial charge < -0.3 is 10.1 Å². The summed E-state index contributed by atoms with van der Waals surface area (Å²) in [6.45, 7) is 4.31. The highest BCUT2D eigenvalue weighted by atomic mass is 16.5. The average Bonchev–Trinajstić information content (AvgIpc) is 2.60. The van der Waals surface area contributed by atoms with Gasteiger partial charge in [0.15, 0.2) is 0 Å². The van der Waals surface area contributed by atoms with E-state index in [2.05, 4.69) is 17.5 Å². The fourth-order valence-corrected chi connectivity index (χ4v) is 2.74. The van der Waals surface area contributed by atoms with E-state index in [4.69, 9.17) is 4.74 Å². The Labute approximate surface area is 150 Å². The van der Waals surface area contributed by atoms with Gasteiger partial charge in [-0.25, -0.2) is 4.79 Å². The van der Waals surface area contributed by atoms with E-state index in [1.54, 1.807) is 0 Å². The van der Waals surface area contributed by atoms with Crippen LogP contribution in [0.25, 0.3) is 0 Å². The maximum Gasteiger partial charge on any atom is 0.328 e. The second kappa shape index (κ2) is 9.82. The molecular weight excluding hydrogens is 314 g/mol. The summed E-state index contributed by atoms with van der Waals surface area (Å²) < 4.78 is 5.42. The molecule has 0 saturated carbocycles. The molecule has 0 saturated heterocycles. The minimum absolute atomic E-state index is 0.162. The second-order valence-corrected chi connectivity index (χ2v) is 6.78. The number of carbonyl (C=O) groups excluding carboxylic acids is 2. The van der Waals surface area contributed by atoms with Crippen LogP contribution in [0.1, 0.15) is 38.7 Å². The number of allylic oxidation sites excluding steroid dienone is 2. The molecule has 0 aromatic heterocycles. The first-order valence-corrected chi connectivity index (χ1v) is 8.90. The molecule has 134 valence electrons. The zero-order valence-electron chi connectivity index (χ0n) is 15.0. The van der Waals surface area contributed by atoms with Gasteiger partial charge in [-0.05, 0) is 36.3 Å². The van der Waals surface area contributed by atoms with Gasteiger partial charge in [-0.2, -0.15) is 0 Å². The van der Waals surface area contributed by atoms with Crippen LogP contribution in [0.4, 0.5) is 0 Å². The molecule has 0 fully saturated rings. The lowest BCUT2D eigenvalue weighted by molar-refractivity contribution is -0.147. The van der Waals surface area contributed by atoms with Crippen molar-refractivity contribution in [3.8, 4) is 0 Å². The van der Waals surface area contributed by atoms with Crippen molar-refractivity contribution in [2.24, 2.45) is 5.92 Å². The molecule has 0 spiro atoms. The number of ether oxygens (including phenoxy) is 1. The zero-order chi connectivity index (χ0) is 18.1. The molecule has 0 heterocycles. The van der Waals surface area contributed by atoms with Crippen molar-refractivity contribution in [3.63, 3.8) is 0 Å². The lowest BCUT2D eigenvalue weighted by atomic mass is 10.0. The van der Waals surface area contributed by atoms with Crippen LogP contribution in [0.5, 0.6) is 0 Å². The quantitative estimate of drug-likeness (QED) is 0.735. The summed E-state index contributed by atoms with van der Waals surface area (Å²) in [6, 6.07) is 8.90. The Bertz CT molecular complexity index is 632. The highest BCUT2D eigenvalue weighted by Crippen LogP contribution is 2.12. The van der Waals surface area contributed by atoms with Gasteiger partial charge in [0.05, 0.1) is 6.42 Å². The molecule has 25 heavy (non-hydrogen) atoms. The first-order chi connectivity index (χ1) is 12.0. The molecule has 4 nitrogen and oxygen atoms in total. The first kappa shape index (κ1) is 19.0. The fourth-order valence-electron chi connectivity index (χ4n) is 2.74. The van der Waals surface area contributed by atoms with Crippen molar-refractivity contribution in [1.29, 1.82) is 0 Å². The van der Waals surface area contributed by atoms with E-state index >= 15 is 0 Å². The minimum atomic E-state index is -0.607. The summed E-state index contributed by atoms with van der Waals surface area (Å²) >= 11 is 0. The second-order valence-electron chi connectivity index (χ2n) is 6.78. The van der Waals surface area contributed by atoms with E-state index in [1.165, 1.54) is 0 Å². The SMILES string of the molecule is CC(C)CC(NC(=O)Cc1ccccc1)C(=O)OCC1=CCCC=C1. The summed E-state index contributed by atoms with van der Waals surface area (Å²) in [7, 11) is 0. The Balaban J connectivity index is 1.90. The summed E-state index contributed by atoms with van der Waals surface area (Å²) in [5, 5.41) is 2.83. The highest BCUT2D eigenvalue weighted by Gasteiger charge is 2.23. The van der Waals surface area contributed by atoms with Crippen molar-refractivity contribution >= 4 is 11.9 Å². The van der Waals surface area contributed by atoms with Gasteiger partial charge in [0.25, 0.3) is 0 Å². The molecule has 1 atom stereocenters. The summed E-state index contributed by atoms with van der Waals surface area (Å²) in [4.78, 5) is 24.7. The van der Waals surface area contributed by atoms with Gasteiger partial charge in [-0.15, -0.1) is 0 Å². The maximum absolute atomic E-state index is 12.4. The Morgan fingerprint density at radius 3 is 2.56 bits per heavy atom. The summed E-state index contributed by atoms with van der Waals surface area (Å²) in [5.74, 6) is -0.246. The summed E-state index contributed by atoms with van der Waals surface area (Å²) in [6.07, 6.45) is 8.98. The van der Waals surface area contributed by atoms with Crippen LogP contribution < -0.4 is 5.32 Å². The van der Waals surface area contributed by atoms with Crippen LogP contribution in [0, 0.1) is 5.92 Å². The van der Waals surface area contributed by atoms with Gasteiger partial charge in [-0.3, -0.25) is 4.79 Å². The van der Waals surface area contributed by atoms with Crippen LogP contribution in [-0.4, -0.2) is 24.5 Å². The van der Waals surface area contributed by atoms with Crippen LogP contribution in [0.15, 0.2) is 54.1 Å². The third-order valence-corrected chi connectivity index (χ3v) is 3.99. The topological polar surface area (TPSA) is 55.4 Å². The lowest BCUT2D eigenvalue weighted by Gasteiger charge is -2.20. The van der Waals surface area contributed by atoms with Crippen LogP contribution >= 0.6 is 0 Å². The zero-order valence-corrected chi connectivity index (χ0v) is 15.0. The highest BCUT2D eigenvalue weighted by molar-refractivity contribution is 5.85. The predicted molar refractivity (Wildman–Crippen MR) is 98.9 cm³/mol. The minimum Gasteiger partial charge on any atom is -0.459 e. The molecule has 1 unspecified atom stereocenters. The maximum atomic E-state index is 12.4. The van der Waals surface area contributed by atoms with Gasteiger partial charge in [0.1, 0.15) is 12.6 Å². The number of rotatable bonds is 8. The van der Waals surface area contributed by atoms with Crippen LogP contribution in [0.3, 0.4) is 0 Å². The number of nitrogens with one attached hydrogen (secondary N) is 1. The number of benzene rings is 1. The average molecular weight is 341 g/mol. The van der Waals surface area contributed by atoms with Crippen molar-refractivity contribution in [3.05, 3.63) is 59.7 Å². The van der Waals surface area contributed by atoms with E-state index in [-0.39, 0.29) is 30.8 Å². The molecule has 2 rings (SSSR count). The number of carbonyl (C=O) groups is 2. The third-order valence-electron chi connectivity index (χ3n) is 3.99. The molecule has 1 aromatic carbocycles. The summed E-state index contributed by atoms with van der Waals surface area (Å²) in [5.41, 5.74) is 1.94. The molecule has 0 radical (unpaired) electrons. The number of hydrogen-bond donors (Lipinski definition) is 1. The number of hydrogen-bond acceptors (Lipinski definition) is 3. The first-order valence-electron chi connectivity index (χ1n) is 8.90. The van der Waals surface area contributed by atoms with Crippen molar-refractivity contribution in [2.75, 3.05) is 6.61 Å². The molecule has 1 aliphatic rings. The smallest absolute Gasteiger partial charge is 0.328 e. The molecule has 1 aliphatic carbocycles. The molecule has 1 aromatic rings. The monoisotopic (exact) mass is 341 g/mol. The Morgan fingerprint density at radius 2 is 1.92 bits per heavy atom. The molecule has 1 amide bonds. The number of amides is 1. The van der Waals surface area contributed by atoms with Crippen LogP contribution in [0.2, 0.25) is 0 Å². The van der Waals surface area contributed by atoms with E-state index in [0.29, 0.717) is 6.42 Å². The molecule has 1 N–H and O–H groups in total. The lowest BCUT2D eigenvalue weighted by Crippen LogP contribution is -2.43. The fraction of sp³-hybridized carbons (Fsp3) is 0.429. The van der Waals surface area contributed by atoms with Crippen molar-refractivity contribution < 1.29 is 14.3 Å². The Hall–Kier alpha value is -2.36. The predicted octanol–water partition coefficient (Wildman–Crippen LogP) is 3.58. The van der Waals surface area contributed by atoms with Gasteiger partial charge in [-0.1, -0.05) is 62.4 Å². The molecular formula is C21H27NO3. The third kappa shape index (κ3) is 6.96. The normalized spacial score (nSPS) is 14.8. The van der Waals surface area contributed by atoms with E-state index < -0.39 is 6.04 Å². The van der Waals surface area contributed by atoms with Crippen LogP contribution in [-0.2, 0) is 20.7 Å². The molecule has 0 bridgehead atoms. The standard InChI is InChI=1S/C21H27NO3/c1-16(2)13-19(21(24)25-15-18-11-7-4-8-12-18)22-20(23)14-17-9-5-3-6-10-17/h3,5-7,9-12,16,19H,4,8,13-15H2,1-2H3,(H,22,23). The van der Waals surface area contributed by atoms with E-state index in [0.717, 1.165) is 24.0 Å². The van der Waals surface area contributed by atoms with Crippen molar-refractivity contribution in [2.45, 2.75) is 45.6 Å². The number of esters is 1. The van der Waals surface area contributed by atoms with Crippen molar-refractivity contribution in [1.82, 2.24) is 5.32 Å². The van der Waals surface area contributed by atoms with Gasteiger partial charge >= 0.3 is 5.97 Å². The van der Waals surface area contributed by atoms with E-state index in [1.807, 2.05) is 50.3 Å². The largest absolute Gasteiger partial charge is 0.459 e. The Kier molecular flexibility index (Phi) is 7.45. The van der Waals surface area contributed by atoms with E-state index in [9.17, 15) is 9.59 Å². The van der Waals surface area contributed by atoms with Gasteiger partial charge in [0, 0.05) is 0 Å². The van der Waals surface area contributed by atoms with Gasteiger partial charge in [0.2, 0.25) is 5.91 Å².